The van der Waals surface area contributed by atoms with Crippen molar-refractivity contribution in [2.75, 3.05) is 19.8 Å². The zero-order chi connectivity index (χ0) is 13.0. The van der Waals surface area contributed by atoms with Crippen molar-refractivity contribution in [3.63, 3.8) is 0 Å². The number of nitrogens with one attached hydrogen (secondary N) is 1. The molecule has 4 N–H and O–H groups in total. The SMILES string of the molecule is OCC1(NCc2cccc(O)c2O)CCOCC1. The van der Waals surface area contributed by atoms with Gasteiger partial charge in [0.15, 0.2) is 11.5 Å². The van der Waals surface area contributed by atoms with Crippen molar-refractivity contribution < 1.29 is 20.1 Å². The summed E-state index contributed by atoms with van der Waals surface area (Å²) in [7, 11) is 0. The minimum atomic E-state index is -0.351. The number of benzene rings is 1. The molecule has 5 nitrogen and oxygen atoms in total. The lowest BCUT2D eigenvalue weighted by Gasteiger charge is -2.36. The maximum atomic E-state index is 9.71. The highest BCUT2D eigenvalue weighted by atomic mass is 16.5. The molecule has 2 rings (SSSR count). The highest BCUT2D eigenvalue weighted by molar-refractivity contribution is 5.44. The van der Waals surface area contributed by atoms with E-state index in [9.17, 15) is 15.3 Å². The van der Waals surface area contributed by atoms with Crippen LogP contribution >= 0.6 is 0 Å². The maximum Gasteiger partial charge on any atom is 0.161 e. The molecule has 1 heterocycles. The molecule has 1 aromatic carbocycles. The summed E-state index contributed by atoms with van der Waals surface area (Å²) in [4.78, 5) is 0. The minimum absolute atomic E-state index is 0.0376. The van der Waals surface area contributed by atoms with Crippen molar-refractivity contribution in [2.24, 2.45) is 0 Å². The Morgan fingerprint density at radius 1 is 1.22 bits per heavy atom. The van der Waals surface area contributed by atoms with E-state index in [4.69, 9.17) is 4.74 Å². The predicted octanol–water partition coefficient (Wildman–Crippen LogP) is 0.729. The molecule has 1 aliphatic rings. The highest BCUT2D eigenvalue weighted by Gasteiger charge is 2.31. The Morgan fingerprint density at radius 3 is 2.61 bits per heavy atom. The number of rotatable bonds is 4. The lowest BCUT2D eigenvalue weighted by Crippen LogP contribution is -2.51. The molecule has 1 aromatic rings. The van der Waals surface area contributed by atoms with Crippen molar-refractivity contribution >= 4 is 0 Å². The molecule has 0 saturated carbocycles. The van der Waals surface area contributed by atoms with Crippen LogP contribution in [0.25, 0.3) is 0 Å². The van der Waals surface area contributed by atoms with E-state index in [0.29, 0.717) is 25.3 Å². The van der Waals surface area contributed by atoms with E-state index in [-0.39, 0.29) is 23.6 Å². The fourth-order valence-corrected chi connectivity index (χ4v) is 2.16. The third-order valence-corrected chi connectivity index (χ3v) is 3.50. The van der Waals surface area contributed by atoms with E-state index in [0.717, 1.165) is 12.8 Å². The number of aliphatic hydroxyl groups excluding tert-OH is 1. The molecule has 1 fully saturated rings. The van der Waals surface area contributed by atoms with E-state index in [1.165, 1.54) is 6.07 Å². The molecule has 1 saturated heterocycles. The number of phenols is 2. The molecule has 100 valence electrons. The maximum absolute atomic E-state index is 9.71. The Bertz CT molecular complexity index is 402. The summed E-state index contributed by atoms with van der Waals surface area (Å²) in [6, 6.07) is 4.86. The van der Waals surface area contributed by atoms with Crippen LogP contribution in [0.5, 0.6) is 11.5 Å². The molecule has 1 aliphatic heterocycles. The normalized spacial score (nSPS) is 18.7. The van der Waals surface area contributed by atoms with Gasteiger partial charge in [0.25, 0.3) is 0 Å². The van der Waals surface area contributed by atoms with Gasteiger partial charge >= 0.3 is 0 Å². The third-order valence-electron chi connectivity index (χ3n) is 3.50. The Balaban J connectivity index is 2.03. The number of aromatic hydroxyl groups is 2. The largest absolute Gasteiger partial charge is 0.504 e. The number of hydrogen-bond acceptors (Lipinski definition) is 5. The predicted molar refractivity (Wildman–Crippen MR) is 66.5 cm³/mol. The van der Waals surface area contributed by atoms with Crippen LogP contribution < -0.4 is 5.32 Å². The second-order valence-corrected chi connectivity index (χ2v) is 4.69. The number of aliphatic hydroxyl groups is 1. The van der Waals surface area contributed by atoms with Gasteiger partial charge in [0.2, 0.25) is 0 Å². The quantitative estimate of drug-likeness (QED) is 0.595. The summed E-state index contributed by atoms with van der Waals surface area (Å²) in [5.74, 6) is -0.232. The smallest absolute Gasteiger partial charge is 0.161 e. The summed E-state index contributed by atoms with van der Waals surface area (Å²) >= 11 is 0. The second-order valence-electron chi connectivity index (χ2n) is 4.69. The zero-order valence-corrected chi connectivity index (χ0v) is 10.2. The van der Waals surface area contributed by atoms with Gasteiger partial charge < -0.3 is 25.4 Å². The van der Waals surface area contributed by atoms with Crippen LogP contribution in [0.1, 0.15) is 18.4 Å². The zero-order valence-electron chi connectivity index (χ0n) is 10.2. The van der Waals surface area contributed by atoms with Crippen molar-refractivity contribution in [1.29, 1.82) is 0 Å². The first-order valence-corrected chi connectivity index (χ1v) is 6.10. The van der Waals surface area contributed by atoms with Crippen LogP contribution in [0.4, 0.5) is 0 Å². The summed E-state index contributed by atoms with van der Waals surface area (Å²) < 4.78 is 5.28. The van der Waals surface area contributed by atoms with Crippen LogP contribution in [-0.2, 0) is 11.3 Å². The molecule has 18 heavy (non-hydrogen) atoms. The van der Waals surface area contributed by atoms with Gasteiger partial charge in [-0.2, -0.15) is 0 Å². The molecule has 0 unspecified atom stereocenters. The van der Waals surface area contributed by atoms with Gasteiger partial charge in [-0.1, -0.05) is 12.1 Å². The Hall–Kier alpha value is -1.30. The standard InChI is InChI=1S/C13H19NO4/c15-9-13(4-6-18-7-5-13)14-8-10-2-1-3-11(16)12(10)17/h1-3,14-17H,4-9H2. The number of para-hydroxylation sites is 1. The van der Waals surface area contributed by atoms with E-state index in [1.807, 2.05) is 0 Å². The van der Waals surface area contributed by atoms with Gasteiger partial charge in [-0.15, -0.1) is 0 Å². The van der Waals surface area contributed by atoms with E-state index in [2.05, 4.69) is 5.32 Å². The fraction of sp³-hybridized carbons (Fsp3) is 0.538. The summed E-state index contributed by atoms with van der Waals surface area (Å²) in [6.07, 6.45) is 1.48. The lowest BCUT2D eigenvalue weighted by atomic mass is 9.90. The first-order valence-electron chi connectivity index (χ1n) is 6.10. The van der Waals surface area contributed by atoms with E-state index < -0.39 is 0 Å². The van der Waals surface area contributed by atoms with Gasteiger partial charge in [0.1, 0.15) is 0 Å². The van der Waals surface area contributed by atoms with Crippen molar-refractivity contribution in [1.82, 2.24) is 5.32 Å². The van der Waals surface area contributed by atoms with Gasteiger partial charge in [-0.25, -0.2) is 0 Å². The monoisotopic (exact) mass is 253 g/mol. The van der Waals surface area contributed by atoms with Crippen molar-refractivity contribution in [3.8, 4) is 11.5 Å². The van der Waals surface area contributed by atoms with Gasteiger partial charge in [-0.3, -0.25) is 0 Å². The molecule has 0 spiro atoms. The number of phenolic OH excluding ortho intramolecular Hbond substituents is 2. The molecule has 5 heteroatoms. The molecule has 0 amide bonds. The first kappa shape index (κ1) is 13.1. The van der Waals surface area contributed by atoms with Crippen LogP contribution in [-0.4, -0.2) is 40.7 Å². The summed E-state index contributed by atoms with van der Waals surface area (Å²) in [5.41, 5.74) is 0.269. The van der Waals surface area contributed by atoms with Crippen LogP contribution in [0.15, 0.2) is 18.2 Å². The Morgan fingerprint density at radius 2 is 1.94 bits per heavy atom. The van der Waals surface area contributed by atoms with E-state index >= 15 is 0 Å². The topological polar surface area (TPSA) is 82.0 Å². The van der Waals surface area contributed by atoms with Gasteiger partial charge in [0, 0.05) is 30.9 Å². The van der Waals surface area contributed by atoms with Gasteiger partial charge in [0.05, 0.1) is 6.61 Å². The van der Waals surface area contributed by atoms with Crippen molar-refractivity contribution in [3.05, 3.63) is 23.8 Å². The Labute approximate surface area is 106 Å². The van der Waals surface area contributed by atoms with Crippen molar-refractivity contribution in [2.45, 2.75) is 24.9 Å². The second kappa shape index (κ2) is 5.56. The van der Waals surface area contributed by atoms with Crippen LogP contribution in [0.2, 0.25) is 0 Å². The summed E-state index contributed by atoms with van der Waals surface area (Å²) in [5, 5.41) is 31.9. The molecule has 0 aromatic heterocycles. The highest BCUT2D eigenvalue weighted by Crippen LogP contribution is 2.29. The Kier molecular flexibility index (Phi) is 4.06. The molecule has 0 aliphatic carbocycles. The molecule has 0 bridgehead atoms. The average Bonchev–Trinajstić information content (AvgIpc) is 2.41. The summed E-state index contributed by atoms with van der Waals surface area (Å²) in [6.45, 7) is 1.69. The lowest BCUT2D eigenvalue weighted by molar-refractivity contribution is 0.0111. The van der Waals surface area contributed by atoms with E-state index in [1.54, 1.807) is 12.1 Å². The first-order chi connectivity index (χ1) is 8.67. The molecule has 0 atom stereocenters. The molecular formula is C13H19NO4. The van der Waals surface area contributed by atoms with Gasteiger partial charge in [-0.05, 0) is 18.9 Å². The molecular weight excluding hydrogens is 234 g/mol. The third kappa shape index (κ3) is 2.75. The number of ether oxygens (including phenoxy) is 1. The number of hydrogen-bond donors (Lipinski definition) is 4. The fourth-order valence-electron chi connectivity index (χ4n) is 2.16. The van der Waals surface area contributed by atoms with Crippen LogP contribution in [0.3, 0.4) is 0 Å². The average molecular weight is 253 g/mol. The molecule has 0 radical (unpaired) electrons. The van der Waals surface area contributed by atoms with Crippen LogP contribution in [0, 0.1) is 0 Å². The minimum Gasteiger partial charge on any atom is -0.504 e.